The second-order valence-electron chi connectivity index (χ2n) is 4.38. The summed E-state index contributed by atoms with van der Waals surface area (Å²) in [7, 11) is 0. The lowest BCUT2D eigenvalue weighted by atomic mass is 10.1. The van der Waals surface area contributed by atoms with E-state index < -0.39 is 0 Å². The lowest BCUT2D eigenvalue weighted by Crippen LogP contribution is -1.86. The van der Waals surface area contributed by atoms with Crippen molar-refractivity contribution >= 4 is 23.0 Å². The maximum Gasteiger partial charge on any atom is 0.127 e. The van der Waals surface area contributed by atoms with Crippen molar-refractivity contribution in [2.24, 2.45) is 4.99 Å². The molecule has 0 aromatic heterocycles. The van der Waals surface area contributed by atoms with Crippen molar-refractivity contribution in [1.29, 1.82) is 0 Å². The van der Waals surface area contributed by atoms with Gasteiger partial charge >= 0.3 is 0 Å². The molecule has 0 aliphatic carbocycles. The Morgan fingerprint density at radius 3 is 2.42 bits per heavy atom. The van der Waals surface area contributed by atoms with Crippen LogP contribution in [0.3, 0.4) is 0 Å². The normalized spacial score (nSPS) is 11.1. The molecular formula is C16H16FNS. The lowest BCUT2D eigenvalue weighted by Gasteiger charge is -2.03. The molecule has 0 fully saturated rings. The van der Waals surface area contributed by atoms with Gasteiger partial charge in [-0.15, -0.1) is 11.8 Å². The molecule has 2 rings (SSSR count). The van der Waals surface area contributed by atoms with Crippen LogP contribution in [0.5, 0.6) is 0 Å². The van der Waals surface area contributed by atoms with Crippen LogP contribution < -0.4 is 0 Å². The average molecular weight is 273 g/mol. The van der Waals surface area contributed by atoms with Crippen molar-refractivity contribution in [2.45, 2.75) is 19.6 Å². The fraction of sp³-hybridized carbons (Fsp3) is 0.188. The first kappa shape index (κ1) is 13.8. The van der Waals surface area contributed by atoms with Crippen molar-refractivity contribution in [3.05, 3.63) is 65.0 Å². The standard InChI is InChI=1S/C16H16FNS/c1-12-6-5-7-13(2)16(12)18-11-19-10-14-8-3-4-9-15(14)17/h3-9,11H,10H2,1-2H3. The van der Waals surface area contributed by atoms with Crippen molar-refractivity contribution in [3.63, 3.8) is 0 Å². The third-order valence-corrected chi connectivity index (χ3v) is 3.62. The molecule has 98 valence electrons. The van der Waals surface area contributed by atoms with Crippen LogP contribution >= 0.6 is 11.8 Å². The molecule has 0 amide bonds. The molecule has 0 saturated heterocycles. The van der Waals surface area contributed by atoms with Crippen LogP contribution in [0.2, 0.25) is 0 Å². The molecule has 1 nitrogen and oxygen atoms in total. The number of nitrogens with zero attached hydrogens (tertiary/aromatic N) is 1. The van der Waals surface area contributed by atoms with Crippen LogP contribution in [-0.2, 0) is 5.75 Å². The Morgan fingerprint density at radius 1 is 1.05 bits per heavy atom. The van der Waals surface area contributed by atoms with Gasteiger partial charge in [-0.2, -0.15) is 0 Å². The van der Waals surface area contributed by atoms with Crippen LogP contribution in [-0.4, -0.2) is 5.55 Å². The first-order valence-electron chi connectivity index (χ1n) is 6.12. The summed E-state index contributed by atoms with van der Waals surface area (Å²) in [6, 6.07) is 12.9. The minimum Gasteiger partial charge on any atom is -0.249 e. The number of halogens is 1. The summed E-state index contributed by atoms with van der Waals surface area (Å²) in [6.07, 6.45) is 0. The summed E-state index contributed by atoms with van der Waals surface area (Å²) >= 11 is 1.50. The van der Waals surface area contributed by atoms with Crippen LogP contribution in [0.15, 0.2) is 47.5 Å². The highest BCUT2D eigenvalue weighted by Gasteiger charge is 2.00. The SMILES string of the molecule is Cc1cccc(C)c1N=CSCc1ccccc1F. The average Bonchev–Trinajstić information content (AvgIpc) is 2.39. The number of thioether (sulfide) groups is 1. The predicted octanol–water partition coefficient (Wildman–Crippen LogP) is 5.04. The zero-order chi connectivity index (χ0) is 13.7. The molecule has 3 heteroatoms. The summed E-state index contributed by atoms with van der Waals surface area (Å²) in [5.74, 6) is 0.441. The number of para-hydroxylation sites is 1. The molecule has 2 aromatic carbocycles. The molecule has 19 heavy (non-hydrogen) atoms. The van der Waals surface area contributed by atoms with Gasteiger partial charge in [0.1, 0.15) is 5.82 Å². The second kappa shape index (κ2) is 6.53. The molecule has 0 heterocycles. The van der Waals surface area contributed by atoms with Gasteiger partial charge in [0, 0.05) is 5.75 Å². The summed E-state index contributed by atoms with van der Waals surface area (Å²) < 4.78 is 13.4. The van der Waals surface area contributed by atoms with Gasteiger partial charge in [-0.1, -0.05) is 36.4 Å². The van der Waals surface area contributed by atoms with E-state index in [2.05, 4.69) is 4.99 Å². The first-order chi connectivity index (χ1) is 9.18. The molecule has 0 atom stereocenters. The summed E-state index contributed by atoms with van der Waals surface area (Å²) in [6.45, 7) is 4.09. The number of hydrogen-bond donors (Lipinski definition) is 0. The zero-order valence-corrected chi connectivity index (χ0v) is 11.9. The maximum atomic E-state index is 13.4. The Morgan fingerprint density at radius 2 is 1.74 bits per heavy atom. The van der Waals surface area contributed by atoms with Crippen molar-refractivity contribution < 1.29 is 4.39 Å². The topological polar surface area (TPSA) is 12.4 Å². The lowest BCUT2D eigenvalue weighted by molar-refractivity contribution is 0.617. The largest absolute Gasteiger partial charge is 0.249 e. The van der Waals surface area contributed by atoms with Crippen LogP contribution in [0.25, 0.3) is 0 Å². The number of rotatable bonds is 4. The maximum absolute atomic E-state index is 13.4. The quantitative estimate of drug-likeness (QED) is 0.562. The fourth-order valence-electron chi connectivity index (χ4n) is 1.84. The van der Waals surface area contributed by atoms with Crippen molar-refractivity contribution in [3.8, 4) is 0 Å². The van der Waals surface area contributed by atoms with Crippen molar-refractivity contribution in [2.75, 3.05) is 0 Å². The van der Waals surface area contributed by atoms with Gasteiger partial charge in [0.05, 0.1) is 11.2 Å². The number of aliphatic imine (C=N–C) groups is 1. The Hall–Kier alpha value is -1.61. The predicted molar refractivity (Wildman–Crippen MR) is 81.8 cm³/mol. The third kappa shape index (κ3) is 3.67. The van der Waals surface area contributed by atoms with E-state index in [1.54, 1.807) is 17.7 Å². The van der Waals surface area contributed by atoms with E-state index in [-0.39, 0.29) is 5.82 Å². The highest BCUT2D eigenvalue weighted by molar-refractivity contribution is 8.11. The van der Waals surface area contributed by atoms with Gasteiger partial charge in [0.25, 0.3) is 0 Å². The molecule has 0 unspecified atom stereocenters. The summed E-state index contributed by atoms with van der Waals surface area (Å²) in [5.41, 5.74) is 5.82. The van der Waals surface area contributed by atoms with Gasteiger partial charge in [0.2, 0.25) is 0 Å². The molecule has 0 aliphatic heterocycles. The van der Waals surface area contributed by atoms with E-state index in [0.29, 0.717) is 11.3 Å². The van der Waals surface area contributed by atoms with E-state index in [1.165, 1.54) is 17.8 Å². The number of aryl methyl sites for hydroxylation is 2. The first-order valence-corrected chi connectivity index (χ1v) is 7.17. The molecular weight excluding hydrogens is 257 g/mol. The highest BCUT2D eigenvalue weighted by atomic mass is 32.2. The summed E-state index contributed by atoms with van der Waals surface area (Å²) in [5, 5.41) is 0. The fourth-order valence-corrected chi connectivity index (χ4v) is 2.51. The van der Waals surface area contributed by atoms with Gasteiger partial charge in [-0.25, -0.2) is 9.38 Å². The Balaban J connectivity index is 2.00. The van der Waals surface area contributed by atoms with Gasteiger partial charge < -0.3 is 0 Å². The molecule has 0 saturated carbocycles. The number of benzene rings is 2. The molecule has 0 spiro atoms. The highest BCUT2D eigenvalue weighted by Crippen LogP contribution is 2.23. The minimum absolute atomic E-state index is 0.157. The van der Waals surface area contributed by atoms with Gasteiger partial charge in [-0.05, 0) is 36.6 Å². The van der Waals surface area contributed by atoms with Crippen LogP contribution in [0.4, 0.5) is 10.1 Å². The smallest absolute Gasteiger partial charge is 0.127 e. The molecule has 0 aliphatic rings. The van der Waals surface area contributed by atoms with Crippen molar-refractivity contribution in [1.82, 2.24) is 0 Å². The van der Waals surface area contributed by atoms with E-state index >= 15 is 0 Å². The Labute approximate surface area is 117 Å². The number of hydrogen-bond acceptors (Lipinski definition) is 2. The second-order valence-corrected chi connectivity index (χ2v) is 5.21. The van der Waals surface area contributed by atoms with Crippen LogP contribution in [0, 0.1) is 19.7 Å². The molecule has 0 N–H and O–H groups in total. The third-order valence-electron chi connectivity index (χ3n) is 2.89. The van der Waals surface area contributed by atoms with Gasteiger partial charge in [-0.3, -0.25) is 0 Å². The minimum atomic E-state index is -0.157. The Kier molecular flexibility index (Phi) is 4.74. The van der Waals surface area contributed by atoms with Crippen LogP contribution in [0.1, 0.15) is 16.7 Å². The molecule has 0 bridgehead atoms. The summed E-state index contributed by atoms with van der Waals surface area (Å²) in [4.78, 5) is 4.47. The van der Waals surface area contributed by atoms with E-state index in [0.717, 1.165) is 16.8 Å². The molecule has 0 radical (unpaired) electrons. The zero-order valence-electron chi connectivity index (χ0n) is 11.1. The monoisotopic (exact) mass is 273 g/mol. The molecule has 2 aromatic rings. The van der Waals surface area contributed by atoms with E-state index in [4.69, 9.17) is 0 Å². The van der Waals surface area contributed by atoms with Gasteiger partial charge in [0.15, 0.2) is 0 Å². The van der Waals surface area contributed by atoms with E-state index in [1.807, 2.05) is 38.1 Å². The Bertz CT molecular complexity index is 573. The van der Waals surface area contributed by atoms with E-state index in [9.17, 15) is 4.39 Å².